The minimum atomic E-state index is -0.797. The Morgan fingerprint density at radius 3 is 0.747 bits per heavy atom. The lowest BCUT2D eigenvalue weighted by Crippen LogP contribution is -2.30. The van der Waals surface area contributed by atoms with Crippen LogP contribution < -0.4 is 0 Å². The Bertz CT molecular complexity index is 1700. The Morgan fingerprint density at radius 1 is 0.253 bits per heavy atom. The molecular weight excluding hydrogens is 1020 g/mol. The summed E-state index contributed by atoms with van der Waals surface area (Å²) in [4.78, 5) is 38.4. The molecule has 6 heteroatoms. The topological polar surface area (TPSA) is 78.9 Å². The van der Waals surface area contributed by atoms with Crippen molar-refractivity contribution in [3.05, 3.63) is 122 Å². The van der Waals surface area contributed by atoms with E-state index >= 15 is 0 Å². The normalized spacial score (nSPS) is 12.9. The molecule has 0 fully saturated rings. The summed E-state index contributed by atoms with van der Waals surface area (Å²) in [6, 6.07) is 0. The zero-order valence-electron chi connectivity index (χ0n) is 54.4. The third-order valence-electron chi connectivity index (χ3n) is 14.9. The predicted octanol–water partition coefficient (Wildman–Crippen LogP) is 24.3. The van der Waals surface area contributed by atoms with E-state index in [4.69, 9.17) is 14.2 Å². The number of carbonyl (C=O) groups is 3. The van der Waals surface area contributed by atoms with Gasteiger partial charge in [-0.1, -0.05) is 303 Å². The first-order chi connectivity index (χ1) is 41.0. The highest BCUT2D eigenvalue weighted by Crippen LogP contribution is 2.17. The van der Waals surface area contributed by atoms with E-state index in [-0.39, 0.29) is 31.1 Å². The first kappa shape index (κ1) is 78.8. The molecule has 6 nitrogen and oxygen atoms in total. The van der Waals surface area contributed by atoms with Gasteiger partial charge >= 0.3 is 17.9 Å². The van der Waals surface area contributed by atoms with E-state index in [2.05, 4.69) is 142 Å². The number of esters is 3. The third-order valence-corrected chi connectivity index (χ3v) is 14.9. The van der Waals surface area contributed by atoms with Gasteiger partial charge in [-0.3, -0.25) is 14.4 Å². The Labute approximate surface area is 513 Å². The Kier molecular flexibility index (Phi) is 66.7. The number of carbonyl (C=O) groups excluding carboxylic acids is 3. The molecule has 474 valence electrons. The quantitative estimate of drug-likeness (QED) is 0.0261. The second-order valence-corrected chi connectivity index (χ2v) is 23.0. The maximum absolute atomic E-state index is 12.9. The molecule has 0 aromatic heterocycles. The van der Waals surface area contributed by atoms with E-state index in [9.17, 15) is 14.4 Å². The summed E-state index contributed by atoms with van der Waals surface area (Å²) in [6.45, 7) is 6.40. The van der Waals surface area contributed by atoms with E-state index < -0.39 is 6.10 Å². The summed E-state index contributed by atoms with van der Waals surface area (Å²) in [5.41, 5.74) is 0. The molecule has 0 saturated heterocycles. The molecule has 0 spiro atoms. The van der Waals surface area contributed by atoms with Crippen LogP contribution in [0.4, 0.5) is 0 Å². The van der Waals surface area contributed by atoms with E-state index in [0.717, 1.165) is 122 Å². The van der Waals surface area contributed by atoms with Crippen molar-refractivity contribution in [3.8, 4) is 0 Å². The van der Waals surface area contributed by atoms with Crippen LogP contribution in [-0.2, 0) is 28.6 Å². The zero-order chi connectivity index (χ0) is 59.9. The van der Waals surface area contributed by atoms with Gasteiger partial charge in [-0.2, -0.15) is 0 Å². The summed E-state index contributed by atoms with van der Waals surface area (Å²) in [7, 11) is 0. The molecular formula is C77H130O6. The fourth-order valence-electron chi connectivity index (χ4n) is 9.75. The van der Waals surface area contributed by atoms with Crippen molar-refractivity contribution in [2.24, 2.45) is 0 Å². The number of hydrogen-bond donors (Lipinski definition) is 0. The lowest BCUT2D eigenvalue weighted by atomic mass is 10.0. The van der Waals surface area contributed by atoms with Crippen molar-refractivity contribution in [2.75, 3.05) is 13.2 Å². The molecule has 0 saturated carbocycles. The van der Waals surface area contributed by atoms with Gasteiger partial charge in [0.1, 0.15) is 13.2 Å². The first-order valence-corrected chi connectivity index (χ1v) is 35.0. The maximum Gasteiger partial charge on any atom is 0.306 e. The number of hydrogen-bond acceptors (Lipinski definition) is 6. The third kappa shape index (κ3) is 68.5. The minimum absolute atomic E-state index is 0.0901. The minimum Gasteiger partial charge on any atom is -0.462 e. The van der Waals surface area contributed by atoms with Crippen molar-refractivity contribution in [3.63, 3.8) is 0 Å². The molecule has 0 amide bonds. The highest BCUT2D eigenvalue weighted by atomic mass is 16.6. The molecule has 0 bridgehead atoms. The molecule has 0 aliphatic rings. The fraction of sp³-hybridized carbons (Fsp3) is 0.701. The van der Waals surface area contributed by atoms with Gasteiger partial charge in [-0.05, 0) is 128 Å². The highest BCUT2D eigenvalue weighted by Gasteiger charge is 2.19. The van der Waals surface area contributed by atoms with Crippen molar-refractivity contribution in [1.82, 2.24) is 0 Å². The summed E-state index contributed by atoms with van der Waals surface area (Å²) in [6.07, 6.45) is 98.0. The van der Waals surface area contributed by atoms with Crippen LogP contribution in [0.5, 0.6) is 0 Å². The zero-order valence-corrected chi connectivity index (χ0v) is 54.4. The van der Waals surface area contributed by atoms with Gasteiger partial charge in [-0.15, -0.1) is 0 Å². The van der Waals surface area contributed by atoms with Crippen LogP contribution in [0.15, 0.2) is 122 Å². The number of allylic oxidation sites excluding steroid dienone is 20. The Balaban J connectivity index is 4.29. The largest absolute Gasteiger partial charge is 0.462 e. The van der Waals surface area contributed by atoms with Crippen LogP contribution in [0.3, 0.4) is 0 Å². The molecule has 83 heavy (non-hydrogen) atoms. The predicted molar refractivity (Wildman–Crippen MR) is 362 cm³/mol. The second kappa shape index (κ2) is 70.3. The van der Waals surface area contributed by atoms with Gasteiger partial charge in [-0.25, -0.2) is 0 Å². The van der Waals surface area contributed by atoms with Crippen molar-refractivity contribution in [2.45, 2.75) is 335 Å². The highest BCUT2D eigenvalue weighted by molar-refractivity contribution is 5.71. The van der Waals surface area contributed by atoms with Gasteiger partial charge in [0.2, 0.25) is 0 Å². The molecule has 0 heterocycles. The summed E-state index contributed by atoms with van der Waals surface area (Å²) in [5, 5.41) is 0. The molecule has 0 aromatic carbocycles. The standard InChI is InChI=1S/C77H130O6/c1-4-7-10-13-16-19-22-25-27-29-31-33-35-36-37-38-39-40-42-43-45-47-49-52-55-58-61-64-67-70-76(79)82-73-74(72-81-75(78)69-66-63-60-57-54-51-24-21-18-15-12-9-6-3)83-77(80)71-68-65-62-59-56-53-50-48-46-44-41-34-32-30-28-26-23-20-17-14-11-8-5-2/h8-9,11-12,17-18,20-22,25-26,28-29,31-32,34-36,51,54,74H,4-7,10,13-16,19,23-24,27,30,33,37-50,52-53,55-73H2,1-3H3/b11-8-,12-9-,20-17-,21-18-,25-22-,28-26-,31-29-,34-32-,36-35-,54-51-. The molecule has 0 rings (SSSR count). The summed E-state index contributed by atoms with van der Waals surface area (Å²) < 4.78 is 16.9. The SMILES string of the molecule is CC/C=C\C/C=C\C/C=C\C/C=C\CCCCCCCCCCCCC(=O)OC(COC(=O)CCCCC/C=C\C/C=C\C/C=C\CC)COC(=O)CCCCCCCCCCCCCCCC/C=C\C/C=C\C/C=C\CCCCCCC. The molecule has 1 unspecified atom stereocenters. The van der Waals surface area contributed by atoms with Crippen LogP contribution in [0.2, 0.25) is 0 Å². The second-order valence-electron chi connectivity index (χ2n) is 23.0. The van der Waals surface area contributed by atoms with Crippen molar-refractivity contribution in [1.29, 1.82) is 0 Å². The smallest absolute Gasteiger partial charge is 0.306 e. The Morgan fingerprint density at radius 2 is 0.470 bits per heavy atom. The van der Waals surface area contributed by atoms with Crippen molar-refractivity contribution >= 4 is 17.9 Å². The Hall–Kier alpha value is -4.19. The van der Waals surface area contributed by atoms with Gasteiger partial charge in [0, 0.05) is 19.3 Å². The fourth-order valence-corrected chi connectivity index (χ4v) is 9.75. The maximum atomic E-state index is 12.9. The monoisotopic (exact) mass is 1150 g/mol. The van der Waals surface area contributed by atoms with E-state index in [1.807, 2.05) is 0 Å². The lowest BCUT2D eigenvalue weighted by molar-refractivity contribution is -0.167. The average Bonchev–Trinajstić information content (AvgIpc) is 3.49. The van der Waals surface area contributed by atoms with Crippen LogP contribution in [-0.4, -0.2) is 37.2 Å². The number of ether oxygens (including phenoxy) is 3. The molecule has 0 aliphatic heterocycles. The van der Waals surface area contributed by atoms with Crippen LogP contribution >= 0.6 is 0 Å². The summed E-state index contributed by atoms with van der Waals surface area (Å²) in [5.74, 6) is -0.916. The molecule has 1 atom stereocenters. The van der Waals surface area contributed by atoms with Gasteiger partial charge in [0.25, 0.3) is 0 Å². The van der Waals surface area contributed by atoms with Crippen molar-refractivity contribution < 1.29 is 28.6 Å². The number of rotatable bonds is 63. The average molecular weight is 1150 g/mol. The van der Waals surface area contributed by atoms with Gasteiger partial charge in [0.05, 0.1) is 0 Å². The molecule has 0 radical (unpaired) electrons. The number of unbranched alkanes of at least 4 members (excludes halogenated alkanes) is 32. The summed E-state index contributed by atoms with van der Waals surface area (Å²) >= 11 is 0. The van der Waals surface area contributed by atoms with Crippen LogP contribution in [0.25, 0.3) is 0 Å². The van der Waals surface area contributed by atoms with E-state index in [1.54, 1.807) is 0 Å². The van der Waals surface area contributed by atoms with Crippen LogP contribution in [0, 0.1) is 0 Å². The molecule has 0 N–H and O–H groups in total. The molecule has 0 aromatic rings. The lowest BCUT2D eigenvalue weighted by Gasteiger charge is -2.18. The van der Waals surface area contributed by atoms with Crippen LogP contribution in [0.1, 0.15) is 329 Å². The van der Waals surface area contributed by atoms with Gasteiger partial charge < -0.3 is 14.2 Å². The van der Waals surface area contributed by atoms with E-state index in [1.165, 1.54) is 167 Å². The first-order valence-electron chi connectivity index (χ1n) is 35.0. The molecule has 0 aliphatic carbocycles. The van der Waals surface area contributed by atoms with E-state index in [0.29, 0.717) is 19.3 Å². The van der Waals surface area contributed by atoms with Gasteiger partial charge in [0.15, 0.2) is 6.10 Å².